The molecule has 0 heterocycles. The quantitative estimate of drug-likeness (QED) is 0.652. The van der Waals surface area contributed by atoms with Crippen molar-refractivity contribution in [1.29, 1.82) is 0 Å². The molecular weight excluding hydrogens is 359 g/mol. The fourth-order valence-corrected chi connectivity index (χ4v) is 2.89. The number of nitrogens with one attached hydrogen (secondary N) is 2. The summed E-state index contributed by atoms with van der Waals surface area (Å²) >= 11 is 0. The number of benzene rings is 2. The van der Waals surface area contributed by atoms with Gasteiger partial charge < -0.3 is 15.7 Å². The summed E-state index contributed by atoms with van der Waals surface area (Å²) in [5.74, 6) is -0.874. The maximum absolute atomic E-state index is 13.0. The van der Waals surface area contributed by atoms with Gasteiger partial charge in [-0.1, -0.05) is 44.2 Å². The molecule has 2 atom stereocenters. The predicted molar refractivity (Wildman–Crippen MR) is 106 cm³/mol. The number of hydrogen-bond donors (Lipinski definition) is 3. The van der Waals surface area contributed by atoms with Crippen LogP contribution in [0.5, 0.6) is 0 Å². The first-order chi connectivity index (χ1) is 13.3. The van der Waals surface area contributed by atoms with Gasteiger partial charge in [-0.25, -0.2) is 4.39 Å². The minimum atomic E-state index is -0.962. The Balaban J connectivity index is 2.01. The van der Waals surface area contributed by atoms with Gasteiger partial charge in [-0.3, -0.25) is 9.59 Å². The Morgan fingerprint density at radius 1 is 1.07 bits per heavy atom. The minimum absolute atomic E-state index is 0.0285. The van der Waals surface area contributed by atoms with E-state index in [0.29, 0.717) is 17.5 Å². The van der Waals surface area contributed by atoms with E-state index in [4.69, 9.17) is 0 Å². The summed E-state index contributed by atoms with van der Waals surface area (Å²) in [6.07, 6.45) is -0.493. The molecule has 0 fully saturated rings. The highest BCUT2D eigenvalue weighted by atomic mass is 19.1. The maximum Gasteiger partial charge on any atom is 0.252 e. The van der Waals surface area contributed by atoms with Crippen molar-refractivity contribution in [2.24, 2.45) is 5.92 Å². The molecule has 0 aliphatic carbocycles. The second-order valence-corrected chi connectivity index (χ2v) is 7.28. The lowest BCUT2D eigenvalue weighted by molar-refractivity contribution is -0.123. The number of aliphatic hydroxyl groups is 1. The molecule has 0 saturated carbocycles. The third kappa shape index (κ3) is 6.16. The van der Waals surface area contributed by atoms with Crippen LogP contribution in [0.3, 0.4) is 0 Å². The molecule has 5 nitrogen and oxygen atoms in total. The van der Waals surface area contributed by atoms with E-state index in [1.165, 1.54) is 24.3 Å². The maximum atomic E-state index is 13.0. The molecule has 0 aromatic heterocycles. The summed E-state index contributed by atoms with van der Waals surface area (Å²) < 4.78 is 13.0. The summed E-state index contributed by atoms with van der Waals surface area (Å²) in [7, 11) is 0. The first kappa shape index (κ1) is 21.6. The van der Waals surface area contributed by atoms with Gasteiger partial charge in [-0.05, 0) is 48.6 Å². The zero-order valence-corrected chi connectivity index (χ0v) is 16.4. The molecule has 2 unspecified atom stereocenters. The van der Waals surface area contributed by atoms with Crippen LogP contribution < -0.4 is 10.6 Å². The van der Waals surface area contributed by atoms with E-state index >= 15 is 0 Å². The Hall–Kier alpha value is -2.73. The van der Waals surface area contributed by atoms with Crippen molar-refractivity contribution in [3.8, 4) is 0 Å². The fraction of sp³-hybridized carbons (Fsp3) is 0.364. The monoisotopic (exact) mass is 386 g/mol. The number of amides is 2. The molecule has 0 saturated heterocycles. The molecule has 0 radical (unpaired) electrons. The number of carbonyl (C=O) groups excluding carboxylic acids is 2. The van der Waals surface area contributed by atoms with E-state index in [1.54, 1.807) is 12.1 Å². The van der Waals surface area contributed by atoms with Gasteiger partial charge in [0.15, 0.2) is 0 Å². The number of halogens is 1. The van der Waals surface area contributed by atoms with E-state index in [-0.39, 0.29) is 24.3 Å². The summed E-state index contributed by atoms with van der Waals surface area (Å²) in [5.41, 5.74) is 1.86. The molecule has 2 aromatic rings. The van der Waals surface area contributed by atoms with Crippen molar-refractivity contribution < 1.29 is 19.1 Å². The van der Waals surface area contributed by atoms with Crippen LogP contribution in [0, 0.1) is 18.7 Å². The van der Waals surface area contributed by atoms with Gasteiger partial charge >= 0.3 is 0 Å². The molecule has 0 aliphatic heterocycles. The zero-order valence-electron chi connectivity index (χ0n) is 16.4. The van der Waals surface area contributed by atoms with Crippen molar-refractivity contribution in [2.75, 3.05) is 6.54 Å². The normalized spacial score (nSPS) is 13.1. The highest BCUT2D eigenvalue weighted by Crippen LogP contribution is 2.13. The standard InChI is InChI=1S/C22H27FN2O3/c1-14(2)12-19(25-21(27)18-7-5-4-6-15(18)3)22(28)24-13-20(26)16-8-10-17(23)11-9-16/h4-11,14,19-20,26H,12-13H2,1-3H3,(H,24,28)(H,25,27). The number of carbonyl (C=O) groups is 2. The molecule has 150 valence electrons. The molecule has 0 aliphatic rings. The first-order valence-electron chi connectivity index (χ1n) is 9.35. The molecule has 0 bridgehead atoms. The molecule has 2 aromatic carbocycles. The zero-order chi connectivity index (χ0) is 20.7. The second-order valence-electron chi connectivity index (χ2n) is 7.28. The lowest BCUT2D eigenvalue weighted by Crippen LogP contribution is -2.48. The average Bonchev–Trinajstić information content (AvgIpc) is 2.65. The van der Waals surface area contributed by atoms with Crippen LogP contribution in [-0.2, 0) is 4.79 Å². The Kier molecular flexibility index (Phi) is 7.70. The van der Waals surface area contributed by atoms with Crippen LogP contribution in [-0.4, -0.2) is 29.5 Å². The minimum Gasteiger partial charge on any atom is -0.387 e. The smallest absolute Gasteiger partial charge is 0.252 e. The van der Waals surface area contributed by atoms with Crippen LogP contribution in [0.25, 0.3) is 0 Å². The van der Waals surface area contributed by atoms with Crippen LogP contribution in [0.15, 0.2) is 48.5 Å². The Morgan fingerprint density at radius 3 is 2.32 bits per heavy atom. The van der Waals surface area contributed by atoms with Gasteiger partial charge in [-0.15, -0.1) is 0 Å². The number of hydrogen-bond acceptors (Lipinski definition) is 3. The van der Waals surface area contributed by atoms with Crippen molar-refractivity contribution in [3.05, 3.63) is 71.0 Å². The van der Waals surface area contributed by atoms with Crippen LogP contribution >= 0.6 is 0 Å². The van der Waals surface area contributed by atoms with Crippen molar-refractivity contribution in [1.82, 2.24) is 10.6 Å². The lowest BCUT2D eigenvalue weighted by atomic mass is 10.0. The van der Waals surface area contributed by atoms with E-state index in [2.05, 4.69) is 10.6 Å². The third-order valence-electron chi connectivity index (χ3n) is 4.44. The Morgan fingerprint density at radius 2 is 1.71 bits per heavy atom. The van der Waals surface area contributed by atoms with Gasteiger partial charge in [0.2, 0.25) is 5.91 Å². The van der Waals surface area contributed by atoms with Gasteiger partial charge in [-0.2, -0.15) is 0 Å². The molecule has 0 spiro atoms. The molecule has 2 amide bonds. The van der Waals surface area contributed by atoms with E-state index in [0.717, 1.165) is 5.56 Å². The van der Waals surface area contributed by atoms with Gasteiger partial charge in [0, 0.05) is 12.1 Å². The second kappa shape index (κ2) is 9.99. The molecule has 28 heavy (non-hydrogen) atoms. The predicted octanol–water partition coefficient (Wildman–Crippen LogP) is 3.13. The van der Waals surface area contributed by atoms with Crippen molar-refractivity contribution >= 4 is 11.8 Å². The lowest BCUT2D eigenvalue weighted by Gasteiger charge is -2.21. The summed E-state index contributed by atoms with van der Waals surface area (Å²) in [4.78, 5) is 25.2. The topological polar surface area (TPSA) is 78.4 Å². The van der Waals surface area contributed by atoms with Gasteiger partial charge in [0.05, 0.1) is 6.10 Å². The average molecular weight is 386 g/mol. The Labute approximate surface area is 165 Å². The van der Waals surface area contributed by atoms with Crippen LogP contribution in [0.2, 0.25) is 0 Å². The fourth-order valence-electron chi connectivity index (χ4n) is 2.89. The van der Waals surface area contributed by atoms with Crippen LogP contribution in [0.4, 0.5) is 4.39 Å². The number of aliphatic hydroxyl groups excluding tert-OH is 1. The highest BCUT2D eigenvalue weighted by molar-refractivity contribution is 5.98. The largest absolute Gasteiger partial charge is 0.387 e. The molecule has 6 heteroatoms. The van der Waals surface area contributed by atoms with E-state index in [1.807, 2.05) is 32.9 Å². The van der Waals surface area contributed by atoms with Gasteiger partial charge in [0.25, 0.3) is 5.91 Å². The van der Waals surface area contributed by atoms with Crippen molar-refractivity contribution in [3.63, 3.8) is 0 Å². The van der Waals surface area contributed by atoms with E-state index < -0.39 is 18.0 Å². The number of rotatable bonds is 8. The van der Waals surface area contributed by atoms with Gasteiger partial charge in [0.1, 0.15) is 11.9 Å². The first-order valence-corrected chi connectivity index (χ1v) is 9.35. The van der Waals surface area contributed by atoms with E-state index in [9.17, 15) is 19.1 Å². The summed E-state index contributed by atoms with van der Waals surface area (Å²) in [6, 6.07) is 11.9. The Bertz CT molecular complexity index is 806. The molecule has 3 N–H and O–H groups in total. The SMILES string of the molecule is Cc1ccccc1C(=O)NC(CC(C)C)C(=O)NCC(O)c1ccc(F)cc1. The molecular formula is C22H27FN2O3. The highest BCUT2D eigenvalue weighted by Gasteiger charge is 2.23. The van der Waals surface area contributed by atoms with Crippen molar-refractivity contribution in [2.45, 2.75) is 39.3 Å². The number of aryl methyl sites for hydroxylation is 1. The summed E-state index contributed by atoms with van der Waals surface area (Å²) in [6.45, 7) is 5.74. The van der Waals surface area contributed by atoms with Crippen LogP contribution in [0.1, 0.15) is 47.9 Å². The molecule has 2 rings (SSSR count). The summed E-state index contributed by atoms with van der Waals surface area (Å²) in [5, 5.41) is 15.7. The third-order valence-corrected chi connectivity index (χ3v) is 4.44.